The van der Waals surface area contributed by atoms with Crippen molar-refractivity contribution in [3.8, 4) is 5.75 Å². The molecule has 1 unspecified atom stereocenters. The molecule has 42 heavy (non-hydrogen) atoms. The largest absolute Gasteiger partial charge is 0.487 e. The summed E-state index contributed by atoms with van der Waals surface area (Å²) in [5.74, 6) is -0.777. The van der Waals surface area contributed by atoms with Gasteiger partial charge in [-0.2, -0.15) is 13.2 Å². The van der Waals surface area contributed by atoms with Crippen LogP contribution in [0.2, 0.25) is 0 Å². The molecule has 0 spiro atoms. The van der Waals surface area contributed by atoms with E-state index >= 15 is 0 Å². The Labute approximate surface area is 257 Å². The van der Waals surface area contributed by atoms with Crippen LogP contribution in [0.15, 0.2) is 72.8 Å². The molecule has 2 heterocycles. The second-order valence-corrected chi connectivity index (χ2v) is 12.1. The van der Waals surface area contributed by atoms with Crippen LogP contribution in [0.25, 0.3) is 0 Å². The van der Waals surface area contributed by atoms with E-state index in [9.17, 15) is 22.4 Å². The Morgan fingerprint density at radius 3 is 2.31 bits per heavy atom. The number of amides is 1. The van der Waals surface area contributed by atoms with Crippen molar-refractivity contribution in [1.29, 1.82) is 0 Å². The van der Waals surface area contributed by atoms with Crippen LogP contribution >= 0.6 is 22.6 Å². The first-order valence-electron chi connectivity index (χ1n) is 14.2. The topological polar surface area (TPSA) is 44.8 Å². The molecule has 0 aromatic heterocycles. The maximum atomic E-state index is 14.9. The SMILES string of the molecule is O=C(NC1CCN(C(I)c2ccccc2)CC1)c1ccc(OC2CCN(Cc3cccc(C(F)(F)F)c3)CC2)c(F)c1. The number of benzene rings is 3. The van der Waals surface area contributed by atoms with Crippen LogP contribution in [0, 0.1) is 5.82 Å². The summed E-state index contributed by atoms with van der Waals surface area (Å²) in [5, 5.41) is 3.06. The van der Waals surface area contributed by atoms with E-state index in [4.69, 9.17) is 4.74 Å². The van der Waals surface area contributed by atoms with Crippen LogP contribution in [-0.2, 0) is 12.7 Å². The molecule has 0 aliphatic carbocycles. The summed E-state index contributed by atoms with van der Waals surface area (Å²) in [5.41, 5.74) is 1.48. The van der Waals surface area contributed by atoms with Crippen molar-refractivity contribution in [1.82, 2.24) is 15.1 Å². The van der Waals surface area contributed by atoms with Crippen molar-refractivity contribution in [2.45, 2.75) is 54.6 Å². The van der Waals surface area contributed by atoms with Crippen molar-refractivity contribution < 1.29 is 27.1 Å². The molecule has 2 saturated heterocycles. The van der Waals surface area contributed by atoms with Gasteiger partial charge < -0.3 is 10.1 Å². The van der Waals surface area contributed by atoms with Gasteiger partial charge in [-0.15, -0.1) is 0 Å². The highest BCUT2D eigenvalue weighted by atomic mass is 127. The Bertz CT molecular complexity index is 1340. The second-order valence-electron chi connectivity index (χ2n) is 11.0. The molecule has 3 aromatic rings. The third-order valence-electron chi connectivity index (χ3n) is 7.94. The lowest BCUT2D eigenvalue weighted by molar-refractivity contribution is -0.137. The first kappa shape index (κ1) is 30.7. The van der Waals surface area contributed by atoms with Gasteiger partial charge in [-0.1, -0.05) is 71.1 Å². The molecule has 1 atom stereocenters. The molecule has 2 fully saturated rings. The summed E-state index contributed by atoms with van der Waals surface area (Å²) in [6, 6.07) is 20.1. The van der Waals surface area contributed by atoms with Gasteiger partial charge in [0.15, 0.2) is 11.6 Å². The smallest absolute Gasteiger partial charge is 0.416 e. The van der Waals surface area contributed by atoms with E-state index in [0.717, 1.165) is 32.0 Å². The first-order valence-corrected chi connectivity index (χ1v) is 15.5. The Hall–Kier alpha value is -2.70. The van der Waals surface area contributed by atoms with Crippen molar-refractivity contribution >= 4 is 28.5 Å². The zero-order valence-electron chi connectivity index (χ0n) is 23.1. The van der Waals surface area contributed by atoms with Crippen LogP contribution in [-0.4, -0.2) is 54.0 Å². The maximum absolute atomic E-state index is 14.9. The zero-order chi connectivity index (χ0) is 29.7. The number of nitrogens with one attached hydrogen (secondary N) is 1. The van der Waals surface area contributed by atoms with E-state index in [1.807, 2.05) is 18.2 Å². The summed E-state index contributed by atoms with van der Waals surface area (Å²) in [6.45, 7) is 3.41. The van der Waals surface area contributed by atoms with Gasteiger partial charge >= 0.3 is 6.18 Å². The summed E-state index contributed by atoms with van der Waals surface area (Å²) in [4.78, 5) is 17.3. The molecule has 5 rings (SSSR count). The molecule has 0 bridgehead atoms. The Kier molecular flexibility index (Phi) is 10.1. The molecule has 2 aliphatic heterocycles. The highest BCUT2D eigenvalue weighted by Gasteiger charge is 2.31. The van der Waals surface area contributed by atoms with E-state index in [1.165, 1.54) is 29.8 Å². The third kappa shape index (κ3) is 8.02. The minimum atomic E-state index is -4.36. The van der Waals surface area contributed by atoms with Gasteiger partial charge in [0, 0.05) is 44.3 Å². The number of likely N-dealkylation sites (tertiary alicyclic amines) is 2. The van der Waals surface area contributed by atoms with Crippen LogP contribution < -0.4 is 10.1 Å². The van der Waals surface area contributed by atoms with E-state index in [1.54, 1.807) is 12.1 Å². The lowest BCUT2D eigenvalue weighted by Crippen LogP contribution is -2.44. The fourth-order valence-corrected chi connectivity index (χ4v) is 6.54. The van der Waals surface area contributed by atoms with Gasteiger partial charge in [-0.05, 0) is 61.1 Å². The molecule has 224 valence electrons. The number of carbonyl (C=O) groups excluding carboxylic acids is 1. The average Bonchev–Trinajstić information content (AvgIpc) is 2.99. The number of ether oxygens (including phenoxy) is 1. The number of carbonyl (C=O) groups is 1. The van der Waals surface area contributed by atoms with Gasteiger partial charge in [-0.3, -0.25) is 14.6 Å². The van der Waals surface area contributed by atoms with Gasteiger partial charge in [0.05, 0.1) is 9.61 Å². The molecule has 2 aliphatic rings. The van der Waals surface area contributed by atoms with Gasteiger partial charge in [0.1, 0.15) is 6.10 Å². The minimum absolute atomic E-state index is 0.0354. The van der Waals surface area contributed by atoms with Crippen molar-refractivity contribution in [3.63, 3.8) is 0 Å². The molecule has 1 amide bonds. The summed E-state index contributed by atoms with van der Waals surface area (Å²) in [7, 11) is 0. The average molecular weight is 696 g/mol. The second kappa shape index (κ2) is 13.7. The highest BCUT2D eigenvalue weighted by molar-refractivity contribution is 14.1. The quantitative estimate of drug-likeness (QED) is 0.117. The lowest BCUT2D eigenvalue weighted by Gasteiger charge is -2.35. The molecular formula is C32H34F4IN3O2. The predicted molar refractivity (Wildman–Crippen MR) is 162 cm³/mol. The number of hydrogen-bond donors (Lipinski definition) is 1. The molecule has 5 nitrogen and oxygen atoms in total. The fraction of sp³-hybridized carbons (Fsp3) is 0.406. The Morgan fingerprint density at radius 1 is 0.929 bits per heavy atom. The molecule has 0 radical (unpaired) electrons. The number of halogens is 5. The zero-order valence-corrected chi connectivity index (χ0v) is 25.3. The highest BCUT2D eigenvalue weighted by Crippen LogP contribution is 2.32. The number of rotatable bonds is 8. The summed E-state index contributed by atoms with van der Waals surface area (Å²) >= 11 is 2.45. The number of alkyl halides is 4. The summed E-state index contributed by atoms with van der Waals surface area (Å²) in [6.07, 6.45) is -1.66. The molecule has 3 aromatic carbocycles. The summed E-state index contributed by atoms with van der Waals surface area (Å²) < 4.78 is 60.2. The minimum Gasteiger partial charge on any atom is -0.487 e. The lowest BCUT2D eigenvalue weighted by atomic mass is 10.0. The normalized spacial score (nSPS) is 18.5. The van der Waals surface area contributed by atoms with Crippen molar-refractivity contribution in [3.05, 3.63) is 101 Å². The van der Waals surface area contributed by atoms with Crippen LogP contribution in [0.1, 0.15) is 56.8 Å². The van der Waals surface area contributed by atoms with E-state index < -0.39 is 17.6 Å². The van der Waals surface area contributed by atoms with Crippen LogP contribution in [0.3, 0.4) is 0 Å². The Morgan fingerprint density at radius 2 is 1.64 bits per heavy atom. The Balaban J connectivity index is 1.07. The number of hydrogen-bond acceptors (Lipinski definition) is 4. The standard InChI is InChI=1S/C32H34F4IN3O2/c33-28-20-24(31(41)38-26-11-17-40(18-12-26)30(37)23-6-2-1-3-7-23)9-10-29(28)42-27-13-15-39(16-14-27)21-22-5-4-8-25(19-22)32(34,35)36/h1-10,19-20,26-27,30H,11-18,21H2,(H,38,41). The van der Waals surface area contributed by atoms with Gasteiger partial charge in [-0.25, -0.2) is 4.39 Å². The molecule has 0 saturated carbocycles. The van der Waals surface area contributed by atoms with Gasteiger partial charge in [0.2, 0.25) is 0 Å². The van der Waals surface area contributed by atoms with E-state index in [2.05, 4.69) is 49.8 Å². The van der Waals surface area contributed by atoms with Gasteiger partial charge in [0.25, 0.3) is 5.91 Å². The molecule has 1 N–H and O–H groups in total. The van der Waals surface area contributed by atoms with Crippen molar-refractivity contribution in [2.24, 2.45) is 0 Å². The monoisotopic (exact) mass is 695 g/mol. The maximum Gasteiger partial charge on any atom is 0.416 e. The van der Waals surface area contributed by atoms with Crippen LogP contribution in [0.4, 0.5) is 17.6 Å². The van der Waals surface area contributed by atoms with E-state index in [0.29, 0.717) is 38.0 Å². The third-order valence-corrected chi connectivity index (χ3v) is 9.45. The number of piperidine rings is 2. The van der Waals surface area contributed by atoms with Crippen molar-refractivity contribution in [2.75, 3.05) is 26.2 Å². The molecular weight excluding hydrogens is 661 g/mol. The van der Waals surface area contributed by atoms with Crippen LogP contribution in [0.5, 0.6) is 5.75 Å². The first-order chi connectivity index (χ1) is 20.2. The van der Waals surface area contributed by atoms with E-state index in [-0.39, 0.29) is 33.4 Å². The number of nitrogens with zero attached hydrogens (tertiary/aromatic N) is 2. The fourth-order valence-electron chi connectivity index (χ4n) is 5.57. The predicted octanol–water partition coefficient (Wildman–Crippen LogP) is 7.22. The molecule has 10 heteroatoms.